The van der Waals surface area contributed by atoms with E-state index in [4.69, 9.17) is 16.3 Å². The molecule has 6 heteroatoms. The van der Waals surface area contributed by atoms with Crippen LogP contribution in [0.1, 0.15) is 52.5 Å². The lowest BCUT2D eigenvalue weighted by atomic mass is 10.1. The van der Waals surface area contributed by atoms with Crippen LogP contribution in [0.2, 0.25) is 5.02 Å². The first-order valence-electron chi connectivity index (χ1n) is 8.16. The number of hydrogen-bond donors (Lipinski definition) is 1. The maximum absolute atomic E-state index is 11.3. The van der Waals surface area contributed by atoms with Crippen LogP contribution < -0.4 is 4.74 Å². The summed E-state index contributed by atoms with van der Waals surface area (Å²) in [5.41, 5.74) is 3.13. The van der Waals surface area contributed by atoms with E-state index in [1.807, 2.05) is 26.0 Å². The molecule has 0 aliphatic heterocycles. The van der Waals surface area contributed by atoms with Crippen molar-refractivity contribution in [3.05, 3.63) is 45.7 Å². The number of carboxylic acids is 1. The second-order valence-corrected chi connectivity index (χ2v) is 6.71. The normalized spacial score (nSPS) is 14.0. The Morgan fingerprint density at radius 2 is 2.00 bits per heavy atom. The highest BCUT2D eigenvalue weighted by Gasteiger charge is 2.28. The minimum absolute atomic E-state index is 0.259. The first-order chi connectivity index (χ1) is 11.5. The molecule has 0 radical (unpaired) electrons. The number of ether oxygens (including phenoxy) is 1. The lowest BCUT2D eigenvalue weighted by Gasteiger charge is -2.10. The molecule has 0 unspecified atom stereocenters. The summed E-state index contributed by atoms with van der Waals surface area (Å²) < 4.78 is 7.35. The molecule has 128 valence electrons. The van der Waals surface area contributed by atoms with Crippen LogP contribution in [0, 0.1) is 13.8 Å². The minimum Gasteiger partial charge on any atom is -0.494 e. The number of aromatic nitrogens is 2. The molecule has 3 rings (SSSR count). The van der Waals surface area contributed by atoms with Gasteiger partial charge >= 0.3 is 5.97 Å². The van der Waals surface area contributed by atoms with E-state index in [2.05, 4.69) is 5.10 Å². The largest absolute Gasteiger partial charge is 0.494 e. The molecule has 2 aromatic rings. The van der Waals surface area contributed by atoms with Crippen LogP contribution in [-0.2, 0) is 6.54 Å². The molecule has 1 heterocycles. The van der Waals surface area contributed by atoms with Gasteiger partial charge in [-0.3, -0.25) is 4.68 Å². The highest BCUT2D eigenvalue weighted by atomic mass is 35.5. The van der Waals surface area contributed by atoms with Crippen molar-refractivity contribution in [1.82, 2.24) is 9.78 Å². The Hall–Kier alpha value is -2.01. The highest BCUT2D eigenvalue weighted by molar-refractivity contribution is 6.32. The van der Waals surface area contributed by atoms with Gasteiger partial charge in [-0.15, -0.1) is 0 Å². The van der Waals surface area contributed by atoms with E-state index in [0.29, 0.717) is 25.5 Å². The van der Waals surface area contributed by atoms with Crippen molar-refractivity contribution in [1.29, 1.82) is 0 Å². The molecule has 1 aromatic heterocycles. The fourth-order valence-corrected chi connectivity index (χ4v) is 2.86. The van der Waals surface area contributed by atoms with Crippen LogP contribution in [-0.4, -0.2) is 27.5 Å². The lowest BCUT2D eigenvalue weighted by molar-refractivity contribution is 0.0682. The summed E-state index contributed by atoms with van der Waals surface area (Å²) in [6.45, 7) is 4.92. The van der Waals surface area contributed by atoms with Crippen molar-refractivity contribution in [2.24, 2.45) is 0 Å². The fourth-order valence-electron chi connectivity index (χ4n) is 2.75. The molecular formula is C18H21ClN2O3. The standard InChI is InChI=1S/C18H21ClN2O3/c1-11-8-14(9-12(2)17(11)19)24-7-3-6-21-16(18(22)23)10-15(20-21)13-4-5-13/h8-10,13H,3-7H2,1-2H3,(H,22,23). The zero-order chi connectivity index (χ0) is 17.3. The molecule has 1 aromatic carbocycles. The third-order valence-electron chi connectivity index (χ3n) is 4.21. The van der Waals surface area contributed by atoms with Crippen LogP contribution >= 0.6 is 11.6 Å². The summed E-state index contributed by atoms with van der Waals surface area (Å²) in [5.74, 6) is 0.298. The number of carboxylic acid groups (broad SMARTS) is 1. The number of halogens is 1. The topological polar surface area (TPSA) is 64.4 Å². The Morgan fingerprint density at radius 3 is 2.58 bits per heavy atom. The van der Waals surface area contributed by atoms with Crippen molar-refractivity contribution >= 4 is 17.6 Å². The third-order valence-corrected chi connectivity index (χ3v) is 4.80. The zero-order valence-electron chi connectivity index (χ0n) is 13.9. The molecule has 24 heavy (non-hydrogen) atoms. The second kappa shape index (κ2) is 6.85. The number of hydrogen-bond acceptors (Lipinski definition) is 3. The van der Waals surface area contributed by atoms with Gasteiger partial charge in [0, 0.05) is 23.9 Å². The number of aryl methyl sites for hydroxylation is 3. The summed E-state index contributed by atoms with van der Waals surface area (Å²) in [6, 6.07) is 5.53. The summed E-state index contributed by atoms with van der Waals surface area (Å²) in [7, 11) is 0. The van der Waals surface area contributed by atoms with Gasteiger partial charge in [0.15, 0.2) is 0 Å². The Morgan fingerprint density at radius 1 is 1.33 bits per heavy atom. The van der Waals surface area contributed by atoms with E-state index in [9.17, 15) is 9.90 Å². The van der Waals surface area contributed by atoms with Crippen molar-refractivity contribution in [2.45, 2.75) is 45.6 Å². The van der Waals surface area contributed by atoms with Crippen LogP contribution in [0.25, 0.3) is 0 Å². The number of benzene rings is 1. The van der Waals surface area contributed by atoms with Gasteiger partial charge in [0.1, 0.15) is 11.4 Å². The van der Waals surface area contributed by atoms with E-state index in [1.54, 1.807) is 10.7 Å². The summed E-state index contributed by atoms with van der Waals surface area (Å²) in [5, 5.41) is 14.5. The predicted molar refractivity (Wildman–Crippen MR) is 92.2 cm³/mol. The molecule has 0 spiro atoms. The van der Waals surface area contributed by atoms with E-state index < -0.39 is 5.97 Å². The van der Waals surface area contributed by atoms with Crippen molar-refractivity contribution in [3.8, 4) is 5.75 Å². The summed E-state index contributed by atoms with van der Waals surface area (Å²) in [4.78, 5) is 11.3. The van der Waals surface area contributed by atoms with Crippen LogP contribution in [0.5, 0.6) is 5.75 Å². The predicted octanol–water partition coefficient (Wildman–Crippen LogP) is 4.20. The number of carbonyl (C=O) groups is 1. The Bertz CT molecular complexity index is 743. The van der Waals surface area contributed by atoms with E-state index in [-0.39, 0.29) is 5.69 Å². The van der Waals surface area contributed by atoms with Crippen molar-refractivity contribution in [2.75, 3.05) is 6.61 Å². The zero-order valence-corrected chi connectivity index (χ0v) is 14.6. The minimum atomic E-state index is -0.931. The maximum atomic E-state index is 11.3. The molecule has 0 amide bonds. The summed E-state index contributed by atoms with van der Waals surface area (Å²) >= 11 is 6.15. The lowest BCUT2D eigenvalue weighted by Crippen LogP contribution is -2.12. The number of rotatable bonds is 7. The van der Waals surface area contributed by atoms with Gasteiger partial charge in [0.25, 0.3) is 0 Å². The van der Waals surface area contributed by atoms with Gasteiger partial charge in [-0.25, -0.2) is 4.79 Å². The van der Waals surface area contributed by atoms with Gasteiger partial charge < -0.3 is 9.84 Å². The molecular weight excluding hydrogens is 328 g/mol. The SMILES string of the molecule is Cc1cc(OCCCn2nc(C3CC3)cc2C(=O)O)cc(C)c1Cl. The van der Waals surface area contributed by atoms with E-state index >= 15 is 0 Å². The van der Waals surface area contributed by atoms with E-state index in [1.165, 1.54) is 0 Å². The Kier molecular flexibility index (Phi) is 4.81. The molecule has 0 saturated heterocycles. The molecule has 1 fully saturated rings. The molecule has 0 atom stereocenters. The van der Waals surface area contributed by atoms with Crippen molar-refractivity contribution < 1.29 is 14.6 Å². The highest BCUT2D eigenvalue weighted by Crippen LogP contribution is 2.39. The molecule has 1 aliphatic rings. The first-order valence-corrected chi connectivity index (χ1v) is 8.54. The van der Waals surface area contributed by atoms with Gasteiger partial charge in [-0.05, 0) is 56.0 Å². The number of nitrogens with zero attached hydrogens (tertiary/aromatic N) is 2. The van der Waals surface area contributed by atoms with Crippen LogP contribution in [0.4, 0.5) is 0 Å². The van der Waals surface area contributed by atoms with Crippen LogP contribution in [0.15, 0.2) is 18.2 Å². The fraction of sp³-hybridized carbons (Fsp3) is 0.444. The van der Waals surface area contributed by atoms with Gasteiger partial charge in [0.05, 0.1) is 12.3 Å². The van der Waals surface area contributed by atoms with Gasteiger partial charge in [0.2, 0.25) is 0 Å². The Labute approximate surface area is 146 Å². The average Bonchev–Trinajstić information content (AvgIpc) is 3.29. The van der Waals surface area contributed by atoms with E-state index in [0.717, 1.165) is 40.4 Å². The molecule has 1 aliphatic carbocycles. The van der Waals surface area contributed by atoms with Gasteiger partial charge in [-0.1, -0.05) is 11.6 Å². The summed E-state index contributed by atoms with van der Waals surface area (Å²) in [6.07, 6.45) is 2.90. The third kappa shape index (κ3) is 3.73. The second-order valence-electron chi connectivity index (χ2n) is 6.33. The maximum Gasteiger partial charge on any atom is 0.354 e. The smallest absolute Gasteiger partial charge is 0.354 e. The quantitative estimate of drug-likeness (QED) is 0.762. The number of aromatic carboxylic acids is 1. The molecule has 5 nitrogen and oxygen atoms in total. The first kappa shape index (κ1) is 16.8. The van der Waals surface area contributed by atoms with Crippen molar-refractivity contribution in [3.63, 3.8) is 0 Å². The average molecular weight is 349 g/mol. The molecule has 0 bridgehead atoms. The monoisotopic (exact) mass is 348 g/mol. The van der Waals surface area contributed by atoms with Gasteiger partial charge in [-0.2, -0.15) is 5.10 Å². The Balaban J connectivity index is 1.58. The van der Waals surface area contributed by atoms with Crippen LogP contribution in [0.3, 0.4) is 0 Å². The molecule has 1 saturated carbocycles. The molecule has 1 N–H and O–H groups in total.